The molecule has 6 heteroatoms. The second-order valence-electron chi connectivity index (χ2n) is 4.14. The molecule has 0 atom stereocenters. The van der Waals surface area contributed by atoms with E-state index in [-0.39, 0.29) is 10.8 Å². The minimum absolute atomic E-state index is 0.0477. The average molecular weight is 280 g/mol. The van der Waals surface area contributed by atoms with E-state index in [1.807, 2.05) is 0 Å². The molecular weight excluding hydrogens is 264 g/mol. The van der Waals surface area contributed by atoms with Gasteiger partial charge in [-0.25, -0.2) is 13.6 Å². The summed E-state index contributed by atoms with van der Waals surface area (Å²) in [4.78, 5) is 13.2. The van der Waals surface area contributed by atoms with Crippen molar-refractivity contribution in [2.75, 3.05) is 7.05 Å². The molecule has 0 saturated carbocycles. The van der Waals surface area contributed by atoms with Crippen LogP contribution in [0.3, 0.4) is 0 Å². The number of nitrogens with two attached hydrogens (primary N) is 1. The molecule has 102 valence electrons. The quantitative estimate of drug-likeness (QED) is 0.806. The Morgan fingerprint density at radius 3 is 2.42 bits per heavy atom. The van der Waals surface area contributed by atoms with Crippen molar-refractivity contribution in [3.63, 3.8) is 0 Å². The zero-order valence-electron chi connectivity index (χ0n) is 10.7. The first-order valence-electron chi connectivity index (χ1n) is 5.64. The average Bonchev–Trinajstić information content (AvgIpc) is 2.35. The molecule has 1 aromatic carbocycles. The Labute approximate surface area is 113 Å². The van der Waals surface area contributed by atoms with E-state index in [2.05, 4.69) is 5.92 Å². The monoisotopic (exact) mass is 280 g/mol. The predicted octanol–water partition coefficient (Wildman–Crippen LogP) is 0.706. The number of benzene rings is 1. The van der Waals surface area contributed by atoms with Crippen molar-refractivity contribution in [2.45, 2.75) is 24.3 Å². The van der Waals surface area contributed by atoms with Crippen molar-refractivity contribution in [3.05, 3.63) is 29.8 Å². The van der Waals surface area contributed by atoms with E-state index in [0.29, 0.717) is 19.4 Å². The lowest BCUT2D eigenvalue weighted by atomic mass is 10.2. The number of hydrogen-bond donors (Lipinski definition) is 1. The number of nitrogens with zero attached hydrogens (tertiary/aromatic N) is 1. The highest BCUT2D eigenvalue weighted by molar-refractivity contribution is 7.89. The molecule has 5 nitrogen and oxygen atoms in total. The molecule has 1 amide bonds. The normalized spacial score (nSPS) is 10.8. The first-order chi connectivity index (χ1) is 8.84. The van der Waals surface area contributed by atoms with Crippen LogP contribution in [0.2, 0.25) is 0 Å². The Bertz CT molecular complexity index is 585. The third-order valence-corrected chi connectivity index (χ3v) is 3.51. The van der Waals surface area contributed by atoms with E-state index >= 15 is 0 Å². The Morgan fingerprint density at radius 2 is 1.95 bits per heavy atom. The molecule has 0 spiro atoms. The highest BCUT2D eigenvalue weighted by Crippen LogP contribution is 2.10. The van der Waals surface area contributed by atoms with E-state index < -0.39 is 10.0 Å². The van der Waals surface area contributed by atoms with Crippen molar-refractivity contribution in [1.82, 2.24) is 4.90 Å². The summed E-state index contributed by atoms with van der Waals surface area (Å²) >= 11 is 0. The third-order valence-electron chi connectivity index (χ3n) is 2.58. The minimum Gasteiger partial charge on any atom is -0.341 e. The molecule has 0 aliphatic carbocycles. The van der Waals surface area contributed by atoms with Gasteiger partial charge in [-0.2, -0.15) is 0 Å². The van der Waals surface area contributed by atoms with Crippen LogP contribution in [0.4, 0.5) is 0 Å². The topological polar surface area (TPSA) is 80.5 Å². The van der Waals surface area contributed by atoms with Crippen LogP contribution in [0.15, 0.2) is 29.2 Å². The SMILES string of the molecule is C#CCCC(=O)N(C)Cc1ccc(S(N)(=O)=O)cc1. The number of primary sulfonamides is 1. The summed E-state index contributed by atoms with van der Waals surface area (Å²) in [7, 11) is -2.01. The van der Waals surface area contributed by atoms with Gasteiger partial charge in [-0.1, -0.05) is 12.1 Å². The number of amides is 1. The molecule has 0 radical (unpaired) electrons. The molecular formula is C13H16N2O3S. The minimum atomic E-state index is -3.68. The number of carbonyl (C=O) groups excluding carboxylic acids is 1. The van der Waals surface area contributed by atoms with Gasteiger partial charge in [-0.3, -0.25) is 4.79 Å². The van der Waals surface area contributed by atoms with Gasteiger partial charge < -0.3 is 4.90 Å². The molecule has 1 rings (SSSR count). The first-order valence-corrected chi connectivity index (χ1v) is 7.18. The van der Waals surface area contributed by atoms with Gasteiger partial charge in [0.1, 0.15) is 0 Å². The standard InChI is InChI=1S/C13H16N2O3S/c1-3-4-5-13(16)15(2)10-11-6-8-12(9-7-11)19(14,17)18/h1,6-9H,4-5,10H2,2H3,(H2,14,17,18). The fourth-order valence-corrected chi connectivity index (χ4v) is 2.03. The molecule has 0 unspecified atom stereocenters. The van der Waals surface area contributed by atoms with Gasteiger partial charge in [-0.15, -0.1) is 12.3 Å². The fraction of sp³-hybridized carbons (Fsp3) is 0.308. The highest BCUT2D eigenvalue weighted by Gasteiger charge is 2.10. The zero-order valence-corrected chi connectivity index (χ0v) is 11.5. The van der Waals surface area contributed by atoms with Gasteiger partial charge >= 0.3 is 0 Å². The van der Waals surface area contributed by atoms with Crippen LogP contribution < -0.4 is 5.14 Å². The van der Waals surface area contributed by atoms with Gasteiger partial charge in [0.25, 0.3) is 0 Å². The molecule has 0 aliphatic heterocycles. The highest BCUT2D eigenvalue weighted by atomic mass is 32.2. The number of hydrogen-bond acceptors (Lipinski definition) is 3. The molecule has 0 saturated heterocycles. The van der Waals surface area contributed by atoms with Gasteiger partial charge in [0.2, 0.25) is 15.9 Å². The van der Waals surface area contributed by atoms with Gasteiger partial charge in [-0.05, 0) is 17.7 Å². The lowest BCUT2D eigenvalue weighted by Crippen LogP contribution is -2.25. The van der Waals surface area contributed by atoms with Crippen LogP contribution in [-0.2, 0) is 21.4 Å². The third kappa shape index (κ3) is 4.73. The summed E-state index contributed by atoms with van der Waals surface area (Å²) < 4.78 is 22.2. The van der Waals surface area contributed by atoms with Gasteiger partial charge in [0.05, 0.1) is 4.90 Å². The molecule has 0 fully saturated rings. The number of sulfonamides is 1. The second-order valence-corrected chi connectivity index (χ2v) is 5.70. The molecule has 2 N–H and O–H groups in total. The first kappa shape index (κ1) is 15.2. The van der Waals surface area contributed by atoms with Crippen molar-refractivity contribution in [3.8, 4) is 12.3 Å². The maximum absolute atomic E-state index is 11.6. The van der Waals surface area contributed by atoms with Crippen LogP contribution in [-0.4, -0.2) is 26.3 Å². The smallest absolute Gasteiger partial charge is 0.238 e. The maximum Gasteiger partial charge on any atom is 0.238 e. The lowest BCUT2D eigenvalue weighted by Gasteiger charge is -2.16. The second kappa shape index (κ2) is 6.36. The number of terminal acetylenes is 1. The lowest BCUT2D eigenvalue weighted by molar-refractivity contribution is -0.130. The summed E-state index contributed by atoms with van der Waals surface area (Å²) in [6, 6.07) is 6.10. The van der Waals surface area contributed by atoms with Crippen LogP contribution in [0.1, 0.15) is 18.4 Å². The van der Waals surface area contributed by atoms with E-state index in [9.17, 15) is 13.2 Å². The van der Waals surface area contributed by atoms with Crippen molar-refractivity contribution < 1.29 is 13.2 Å². The van der Waals surface area contributed by atoms with Crippen LogP contribution in [0.25, 0.3) is 0 Å². The summed E-state index contributed by atoms with van der Waals surface area (Å²) in [6.45, 7) is 0.397. The number of carbonyl (C=O) groups is 1. The van der Waals surface area contributed by atoms with Crippen molar-refractivity contribution in [1.29, 1.82) is 0 Å². The largest absolute Gasteiger partial charge is 0.341 e. The Kier molecular flexibility index (Phi) is 5.10. The van der Waals surface area contributed by atoms with E-state index in [0.717, 1.165) is 5.56 Å². The maximum atomic E-state index is 11.6. The zero-order chi connectivity index (χ0) is 14.5. The molecule has 0 bridgehead atoms. The summed E-state index contributed by atoms with van der Waals surface area (Å²) in [6.07, 6.45) is 5.82. The Hall–Kier alpha value is -1.84. The van der Waals surface area contributed by atoms with Crippen molar-refractivity contribution >= 4 is 15.9 Å². The van der Waals surface area contributed by atoms with Gasteiger partial charge in [0.15, 0.2) is 0 Å². The molecule has 19 heavy (non-hydrogen) atoms. The van der Waals surface area contributed by atoms with Crippen LogP contribution in [0, 0.1) is 12.3 Å². The summed E-state index contributed by atoms with van der Waals surface area (Å²) in [5, 5.41) is 5.00. The van der Waals surface area contributed by atoms with E-state index in [1.54, 1.807) is 24.1 Å². The van der Waals surface area contributed by atoms with Crippen LogP contribution in [0.5, 0.6) is 0 Å². The Balaban J connectivity index is 2.68. The summed E-state index contributed by atoms with van der Waals surface area (Å²) in [5.74, 6) is 2.37. The predicted molar refractivity (Wildman–Crippen MR) is 72.4 cm³/mol. The van der Waals surface area contributed by atoms with Crippen molar-refractivity contribution in [2.24, 2.45) is 5.14 Å². The Morgan fingerprint density at radius 1 is 1.37 bits per heavy atom. The molecule has 0 aromatic heterocycles. The fourth-order valence-electron chi connectivity index (χ4n) is 1.52. The molecule has 0 aliphatic rings. The summed E-state index contributed by atoms with van der Waals surface area (Å²) in [5.41, 5.74) is 0.823. The van der Waals surface area contributed by atoms with Gasteiger partial charge in [0, 0.05) is 26.4 Å². The van der Waals surface area contributed by atoms with E-state index in [4.69, 9.17) is 11.6 Å². The van der Waals surface area contributed by atoms with E-state index in [1.165, 1.54) is 12.1 Å². The van der Waals surface area contributed by atoms with Crippen LogP contribution >= 0.6 is 0 Å². The number of rotatable bonds is 5. The molecule has 0 heterocycles. The molecule has 1 aromatic rings.